The van der Waals surface area contributed by atoms with E-state index < -0.39 is 23.0 Å². The molecule has 0 saturated carbocycles. The van der Waals surface area contributed by atoms with Crippen molar-refractivity contribution in [3.05, 3.63) is 71.4 Å². The van der Waals surface area contributed by atoms with E-state index in [1.165, 1.54) is 0 Å². The van der Waals surface area contributed by atoms with Crippen LogP contribution in [0.4, 0.5) is 11.5 Å². The summed E-state index contributed by atoms with van der Waals surface area (Å²) in [5.74, 6) is -0.113. The monoisotopic (exact) mass is 368 g/mol. The van der Waals surface area contributed by atoms with E-state index in [1.807, 2.05) is 42.5 Å². The first-order valence-electron chi connectivity index (χ1n) is 9.49. The summed E-state index contributed by atoms with van der Waals surface area (Å²) >= 11 is 0. The van der Waals surface area contributed by atoms with Gasteiger partial charge in [0.15, 0.2) is 5.66 Å². The van der Waals surface area contributed by atoms with Gasteiger partial charge in [0.25, 0.3) is 0 Å². The predicted molar refractivity (Wildman–Crippen MR) is 103 cm³/mol. The van der Waals surface area contributed by atoms with Gasteiger partial charge in [0.05, 0.1) is 17.3 Å². The number of pyridine rings is 1. The molecule has 3 atom stereocenters. The molecule has 2 amide bonds. The Balaban J connectivity index is 1.61. The van der Waals surface area contributed by atoms with Crippen molar-refractivity contribution in [3.8, 4) is 0 Å². The number of amides is 2. The van der Waals surface area contributed by atoms with Crippen LogP contribution in [0.1, 0.15) is 30.5 Å². The number of aromatic nitrogens is 1. The standard InChI is InChI=1S/C22H16N4O2/c1-12-13-5-2-3-7-16(13)25-19(27)20(28)26-17-14-6-4-10-23-18(14)24-21(17)8-9-22(25,26)15(12)11-21/h2-10,17H,11H2,1H3,(H,23,24)/t17-,21-,22-/m0/s1. The van der Waals surface area contributed by atoms with Crippen molar-refractivity contribution in [1.82, 2.24) is 9.88 Å². The van der Waals surface area contributed by atoms with Gasteiger partial charge in [-0.2, -0.15) is 0 Å². The largest absolute Gasteiger partial charge is 0.358 e. The molecule has 136 valence electrons. The van der Waals surface area contributed by atoms with E-state index in [4.69, 9.17) is 0 Å². The van der Waals surface area contributed by atoms with Gasteiger partial charge >= 0.3 is 11.8 Å². The third-order valence-electron chi connectivity index (χ3n) is 7.07. The zero-order valence-corrected chi connectivity index (χ0v) is 15.1. The fourth-order valence-corrected chi connectivity index (χ4v) is 6.01. The molecule has 28 heavy (non-hydrogen) atoms. The second-order valence-corrected chi connectivity index (χ2v) is 8.18. The third-order valence-corrected chi connectivity index (χ3v) is 7.07. The summed E-state index contributed by atoms with van der Waals surface area (Å²) < 4.78 is 0. The lowest BCUT2D eigenvalue weighted by Gasteiger charge is -2.60. The number of benzene rings is 1. The van der Waals surface area contributed by atoms with Crippen molar-refractivity contribution >= 4 is 28.9 Å². The average Bonchev–Trinajstić information content (AvgIpc) is 3.16. The van der Waals surface area contributed by atoms with E-state index in [0.29, 0.717) is 0 Å². The first-order valence-corrected chi connectivity index (χ1v) is 9.49. The summed E-state index contributed by atoms with van der Waals surface area (Å²) in [7, 11) is 0. The van der Waals surface area contributed by atoms with Crippen molar-refractivity contribution < 1.29 is 9.59 Å². The zero-order chi connectivity index (χ0) is 18.8. The second-order valence-electron chi connectivity index (χ2n) is 8.18. The maximum Gasteiger partial charge on any atom is 0.319 e. The SMILES string of the molecule is CC1=C2C[C@@]34C=C[C@@]25N(C(=O)C(=O)N5[C@H]3c2cccnc2N4)c2ccccc21. The highest BCUT2D eigenvalue weighted by Crippen LogP contribution is 2.65. The highest BCUT2D eigenvalue weighted by molar-refractivity contribution is 6.44. The Hall–Kier alpha value is -3.41. The van der Waals surface area contributed by atoms with Gasteiger partial charge in [-0.3, -0.25) is 19.4 Å². The molecule has 2 spiro atoms. The van der Waals surface area contributed by atoms with E-state index in [0.717, 1.165) is 40.2 Å². The van der Waals surface area contributed by atoms with E-state index in [2.05, 4.69) is 23.3 Å². The molecule has 2 aromatic rings. The first-order chi connectivity index (χ1) is 13.6. The summed E-state index contributed by atoms with van der Waals surface area (Å²) in [4.78, 5) is 34.6. The van der Waals surface area contributed by atoms with Crippen LogP contribution in [0.5, 0.6) is 0 Å². The van der Waals surface area contributed by atoms with Crippen LogP contribution in [0.15, 0.2) is 60.3 Å². The van der Waals surface area contributed by atoms with Gasteiger partial charge in [-0.05, 0) is 36.3 Å². The molecule has 1 aromatic heterocycles. The van der Waals surface area contributed by atoms with Crippen LogP contribution in [-0.4, -0.2) is 32.9 Å². The molecule has 6 aliphatic rings. The highest BCUT2D eigenvalue weighted by atomic mass is 16.2. The zero-order valence-electron chi connectivity index (χ0n) is 15.1. The molecule has 0 radical (unpaired) electrons. The molecular weight excluding hydrogens is 352 g/mol. The minimum absolute atomic E-state index is 0.246. The van der Waals surface area contributed by atoms with Crippen LogP contribution < -0.4 is 10.2 Å². The lowest BCUT2D eigenvalue weighted by molar-refractivity contribution is -0.143. The van der Waals surface area contributed by atoms with Crippen molar-refractivity contribution in [2.24, 2.45) is 0 Å². The number of anilines is 2. The van der Waals surface area contributed by atoms with Crippen molar-refractivity contribution in [1.29, 1.82) is 0 Å². The Kier molecular flexibility index (Phi) is 2.19. The summed E-state index contributed by atoms with van der Waals surface area (Å²) in [6.45, 7) is 2.10. The van der Waals surface area contributed by atoms with E-state index >= 15 is 0 Å². The number of rotatable bonds is 0. The number of carbonyl (C=O) groups is 2. The molecule has 1 aromatic carbocycles. The number of allylic oxidation sites excluding steroid dienone is 1. The van der Waals surface area contributed by atoms with Crippen LogP contribution in [0, 0.1) is 0 Å². The van der Waals surface area contributed by atoms with Crippen LogP contribution in [0.25, 0.3) is 5.57 Å². The number of hydrogen-bond donors (Lipinski definition) is 1. The summed E-state index contributed by atoms with van der Waals surface area (Å²) in [5.41, 5.74) is 3.75. The number of para-hydroxylation sites is 1. The molecule has 8 rings (SSSR count). The summed E-state index contributed by atoms with van der Waals surface area (Å²) in [5, 5.41) is 3.57. The molecule has 1 aliphatic carbocycles. The predicted octanol–water partition coefficient (Wildman–Crippen LogP) is 2.62. The normalized spacial score (nSPS) is 33.0. The lowest BCUT2D eigenvalue weighted by Crippen LogP contribution is -2.68. The maximum absolute atomic E-state index is 13.4. The Labute approximate surface area is 161 Å². The van der Waals surface area contributed by atoms with Gasteiger partial charge in [-0.25, -0.2) is 4.98 Å². The van der Waals surface area contributed by atoms with Gasteiger partial charge in [-0.1, -0.05) is 30.3 Å². The van der Waals surface area contributed by atoms with Gasteiger partial charge in [0, 0.05) is 23.7 Å². The Morgan fingerprint density at radius 3 is 2.86 bits per heavy atom. The Morgan fingerprint density at radius 1 is 1.11 bits per heavy atom. The number of carbonyl (C=O) groups excluding carboxylic acids is 2. The average molecular weight is 368 g/mol. The fraction of sp³-hybridized carbons (Fsp3) is 0.227. The minimum Gasteiger partial charge on any atom is -0.358 e. The number of hydrogen-bond acceptors (Lipinski definition) is 4. The van der Waals surface area contributed by atoms with Crippen LogP contribution in [-0.2, 0) is 9.59 Å². The lowest BCUT2D eigenvalue weighted by atomic mass is 9.65. The molecule has 2 fully saturated rings. The minimum atomic E-state index is -0.849. The second kappa shape index (κ2) is 4.19. The quantitative estimate of drug-likeness (QED) is 0.573. The van der Waals surface area contributed by atoms with Crippen molar-refractivity contribution in [2.45, 2.75) is 30.6 Å². The van der Waals surface area contributed by atoms with E-state index in [1.54, 1.807) is 16.0 Å². The molecule has 6 nitrogen and oxygen atoms in total. The topological polar surface area (TPSA) is 65.5 Å². The van der Waals surface area contributed by atoms with Crippen LogP contribution in [0.2, 0.25) is 0 Å². The smallest absolute Gasteiger partial charge is 0.319 e. The van der Waals surface area contributed by atoms with Crippen LogP contribution >= 0.6 is 0 Å². The molecular formula is C22H16N4O2. The molecule has 2 bridgehead atoms. The molecule has 6 heteroatoms. The van der Waals surface area contributed by atoms with Gasteiger partial charge in [-0.15, -0.1) is 0 Å². The number of nitrogens with zero attached hydrogens (tertiary/aromatic N) is 3. The van der Waals surface area contributed by atoms with Crippen molar-refractivity contribution in [2.75, 3.05) is 10.2 Å². The van der Waals surface area contributed by atoms with Crippen molar-refractivity contribution in [3.63, 3.8) is 0 Å². The van der Waals surface area contributed by atoms with Gasteiger partial charge in [0.2, 0.25) is 0 Å². The van der Waals surface area contributed by atoms with Gasteiger partial charge < -0.3 is 5.32 Å². The maximum atomic E-state index is 13.4. The summed E-state index contributed by atoms with van der Waals surface area (Å²) in [6.07, 6.45) is 6.69. The van der Waals surface area contributed by atoms with Crippen LogP contribution in [0.3, 0.4) is 0 Å². The fourth-order valence-electron chi connectivity index (χ4n) is 6.01. The number of piperidine rings is 1. The molecule has 1 N–H and O–H groups in total. The molecule has 0 unspecified atom stereocenters. The molecule has 6 heterocycles. The Morgan fingerprint density at radius 2 is 1.96 bits per heavy atom. The molecule has 2 saturated heterocycles. The first kappa shape index (κ1) is 14.6. The highest BCUT2D eigenvalue weighted by Gasteiger charge is 2.72. The van der Waals surface area contributed by atoms with E-state index in [-0.39, 0.29) is 6.04 Å². The molecule has 5 aliphatic heterocycles. The number of nitrogens with one attached hydrogen (secondary N) is 1. The summed E-state index contributed by atoms with van der Waals surface area (Å²) in [6, 6.07) is 11.5. The number of fused-ring (bicyclic) bond motifs is 3. The van der Waals surface area contributed by atoms with E-state index in [9.17, 15) is 9.59 Å². The Bertz CT molecular complexity index is 1210. The van der Waals surface area contributed by atoms with Gasteiger partial charge in [0.1, 0.15) is 5.82 Å². The third kappa shape index (κ3) is 1.26.